The number of carbonyl (C=O) groups is 2. The van der Waals surface area contributed by atoms with Crippen LogP contribution in [0.5, 0.6) is 0 Å². The first-order valence-electron chi connectivity index (χ1n) is 6.58. The standard InChI is InChI=1S/C14H16N4O3S/c1-18-12(8-19)16-17-14(18)22-9-13(21)15-7-11(20)10-5-3-2-4-6-10/h2-6,19H,7-9H2,1H3,(H,15,21). The molecule has 1 amide bonds. The van der Waals surface area contributed by atoms with Crippen LogP contribution in [-0.2, 0) is 18.4 Å². The fourth-order valence-corrected chi connectivity index (χ4v) is 2.45. The van der Waals surface area contributed by atoms with Gasteiger partial charge in [0.2, 0.25) is 5.91 Å². The molecule has 0 atom stereocenters. The lowest BCUT2D eigenvalue weighted by atomic mass is 10.1. The van der Waals surface area contributed by atoms with Crippen molar-refractivity contribution < 1.29 is 14.7 Å². The molecule has 0 aliphatic heterocycles. The predicted molar refractivity (Wildman–Crippen MR) is 81.4 cm³/mol. The maximum Gasteiger partial charge on any atom is 0.230 e. The van der Waals surface area contributed by atoms with E-state index in [-0.39, 0.29) is 30.6 Å². The van der Waals surface area contributed by atoms with Crippen LogP contribution in [0.25, 0.3) is 0 Å². The van der Waals surface area contributed by atoms with E-state index in [1.807, 2.05) is 6.07 Å². The van der Waals surface area contributed by atoms with Gasteiger partial charge in [-0.1, -0.05) is 42.1 Å². The van der Waals surface area contributed by atoms with Crippen LogP contribution < -0.4 is 5.32 Å². The average Bonchev–Trinajstić information content (AvgIpc) is 2.91. The molecular formula is C14H16N4O3S. The first-order chi connectivity index (χ1) is 10.6. The maximum absolute atomic E-state index is 11.8. The molecule has 0 saturated carbocycles. The summed E-state index contributed by atoms with van der Waals surface area (Å²) in [5, 5.41) is 19.8. The number of aliphatic hydroxyl groups is 1. The number of Topliss-reactive ketones (excluding diaryl/α,β-unsaturated/α-hetero) is 1. The summed E-state index contributed by atoms with van der Waals surface area (Å²) >= 11 is 1.19. The fourth-order valence-electron chi connectivity index (χ4n) is 1.69. The molecule has 1 aromatic carbocycles. The monoisotopic (exact) mass is 320 g/mol. The Morgan fingerprint density at radius 2 is 2.00 bits per heavy atom. The zero-order valence-corrected chi connectivity index (χ0v) is 12.8. The molecule has 0 saturated heterocycles. The van der Waals surface area contributed by atoms with Crippen LogP contribution in [-0.4, -0.2) is 43.9 Å². The van der Waals surface area contributed by atoms with E-state index in [0.29, 0.717) is 16.5 Å². The third kappa shape index (κ3) is 4.15. The van der Waals surface area contributed by atoms with Crippen LogP contribution in [0, 0.1) is 0 Å². The SMILES string of the molecule is Cn1c(CO)nnc1SCC(=O)NCC(=O)c1ccccc1. The lowest BCUT2D eigenvalue weighted by molar-refractivity contribution is -0.118. The van der Waals surface area contributed by atoms with Gasteiger partial charge >= 0.3 is 0 Å². The Kier molecular flexibility index (Phi) is 5.68. The van der Waals surface area contributed by atoms with Crippen molar-refractivity contribution in [1.82, 2.24) is 20.1 Å². The van der Waals surface area contributed by atoms with Crippen molar-refractivity contribution in [2.24, 2.45) is 7.05 Å². The smallest absolute Gasteiger partial charge is 0.230 e. The minimum atomic E-state index is -0.261. The number of rotatable bonds is 7. The molecule has 0 bridgehead atoms. The molecule has 8 heteroatoms. The van der Waals surface area contributed by atoms with Gasteiger partial charge in [0, 0.05) is 12.6 Å². The van der Waals surface area contributed by atoms with E-state index in [4.69, 9.17) is 5.11 Å². The zero-order valence-electron chi connectivity index (χ0n) is 12.0. The van der Waals surface area contributed by atoms with Crippen molar-refractivity contribution in [2.45, 2.75) is 11.8 Å². The molecule has 0 aliphatic carbocycles. The number of thioether (sulfide) groups is 1. The summed E-state index contributed by atoms with van der Waals surface area (Å²) in [6.07, 6.45) is 0. The Hall–Kier alpha value is -2.19. The average molecular weight is 320 g/mol. The third-order valence-electron chi connectivity index (χ3n) is 2.94. The molecule has 0 radical (unpaired) electrons. The summed E-state index contributed by atoms with van der Waals surface area (Å²) in [7, 11) is 1.71. The highest BCUT2D eigenvalue weighted by Gasteiger charge is 2.12. The molecule has 22 heavy (non-hydrogen) atoms. The van der Waals surface area contributed by atoms with Gasteiger partial charge in [0.1, 0.15) is 6.61 Å². The number of hydrogen-bond acceptors (Lipinski definition) is 6. The van der Waals surface area contributed by atoms with Gasteiger partial charge in [-0.25, -0.2) is 0 Å². The third-order valence-corrected chi connectivity index (χ3v) is 3.96. The zero-order chi connectivity index (χ0) is 15.9. The molecule has 2 rings (SSSR count). The van der Waals surface area contributed by atoms with Gasteiger partial charge in [-0.15, -0.1) is 10.2 Å². The molecule has 0 spiro atoms. The molecule has 2 aromatic rings. The van der Waals surface area contributed by atoms with Gasteiger partial charge in [0.25, 0.3) is 0 Å². The molecule has 2 N–H and O–H groups in total. The molecule has 116 valence electrons. The number of nitrogens with one attached hydrogen (secondary N) is 1. The Balaban J connectivity index is 1.78. The van der Waals surface area contributed by atoms with Crippen molar-refractivity contribution in [3.05, 3.63) is 41.7 Å². The second-order valence-corrected chi connectivity index (χ2v) is 5.41. The second kappa shape index (κ2) is 7.71. The van der Waals surface area contributed by atoms with Crippen molar-refractivity contribution in [2.75, 3.05) is 12.3 Å². The number of amides is 1. The normalized spacial score (nSPS) is 10.5. The van der Waals surface area contributed by atoms with E-state index >= 15 is 0 Å². The highest BCUT2D eigenvalue weighted by Crippen LogP contribution is 2.14. The lowest BCUT2D eigenvalue weighted by Crippen LogP contribution is -2.30. The summed E-state index contributed by atoms with van der Waals surface area (Å²) in [5.74, 6) is 0.157. The van der Waals surface area contributed by atoms with Crippen LogP contribution >= 0.6 is 11.8 Å². The Morgan fingerprint density at radius 1 is 1.27 bits per heavy atom. The quantitative estimate of drug-likeness (QED) is 0.566. The van der Waals surface area contributed by atoms with E-state index in [2.05, 4.69) is 15.5 Å². The van der Waals surface area contributed by atoms with Gasteiger partial charge in [0.15, 0.2) is 16.8 Å². The van der Waals surface area contributed by atoms with Crippen LogP contribution in [0.1, 0.15) is 16.2 Å². The topological polar surface area (TPSA) is 97.1 Å². The van der Waals surface area contributed by atoms with Gasteiger partial charge in [-0.3, -0.25) is 9.59 Å². The molecule has 7 nitrogen and oxygen atoms in total. The molecule has 1 aromatic heterocycles. The number of aromatic nitrogens is 3. The molecule has 0 fully saturated rings. The van der Waals surface area contributed by atoms with Gasteiger partial charge in [-0.2, -0.15) is 0 Å². The molecule has 0 unspecified atom stereocenters. The first kappa shape index (κ1) is 16.2. The number of carbonyl (C=O) groups excluding carboxylic acids is 2. The van der Waals surface area contributed by atoms with Crippen molar-refractivity contribution >= 4 is 23.5 Å². The van der Waals surface area contributed by atoms with Gasteiger partial charge < -0.3 is 15.0 Å². The van der Waals surface area contributed by atoms with Crippen LogP contribution in [0.3, 0.4) is 0 Å². The van der Waals surface area contributed by atoms with E-state index in [1.54, 1.807) is 35.9 Å². The van der Waals surface area contributed by atoms with Crippen molar-refractivity contribution in [3.8, 4) is 0 Å². The molecule has 1 heterocycles. The Morgan fingerprint density at radius 3 is 2.64 bits per heavy atom. The van der Waals surface area contributed by atoms with E-state index in [1.165, 1.54) is 11.8 Å². The summed E-state index contributed by atoms with van der Waals surface area (Å²) < 4.78 is 1.62. The van der Waals surface area contributed by atoms with Gasteiger partial charge in [0.05, 0.1) is 12.3 Å². The fraction of sp³-hybridized carbons (Fsp3) is 0.286. The predicted octanol–water partition coefficient (Wildman–Crippen LogP) is 0.399. The summed E-state index contributed by atoms with van der Waals surface area (Å²) in [6, 6.07) is 8.79. The summed E-state index contributed by atoms with van der Waals surface area (Å²) in [5.41, 5.74) is 0.566. The van der Waals surface area contributed by atoms with E-state index in [9.17, 15) is 9.59 Å². The Labute approximate surface area is 131 Å². The maximum atomic E-state index is 11.8. The Bertz CT molecular complexity index is 657. The minimum Gasteiger partial charge on any atom is -0.388 e. The number of benzene rings is 1. The summed E-state index contributed by atoms with van der Waals surface area (Å²) in [4.78, 5) is 23.6. The number of hydrogen-bond donors (Lipinski definition) is 2. The first-order valence-corrected chi connectivity index (χ1v) is 7.57. The highest BCUT2D eigenvalue weighted by atomic mass is 32.2. The lowest BCUT2D eigenvalue weighted by Gasteiger charge is -2.05. The highest BCUT2D eigenvalue weighted by molar-refractivity contribution is 7.99. The number of nitrogens with zero attached hydrogens (tertiary/aromatic N) is 3. The van der Waals surface area contributed by atoms with Crippen molar-refractivity contribution in [1.29, 1.82) is 0 Å². The van der Waals surface area contributed by atoms with Crippen molar-refractivity contribution in [3.63, 3.8) is 0 Å². The second-order valence-electron chi connectivity index (χ2n) is 4.47. The van der Waals surface area contributed by atoms with Crippen LogP contribution in [0.2, 0.25) is 0 Å². The minimum absolute atomic E-state index is 0.0376. The number of ketones is 1. The molecule has 0 aliphatic rings. The largest absolute Gasteiger partial charge is 0.388 e. The number of aliphatic hydroxyl groups excluding tert-OH is 1. The summed E-state index contributed by atoms with van der Waals surface area (Å²) in [6.45, 7) is -0.244. The molecular weight excluding hydrogens is 304 g/mol. The van der Waals surface area contributed by atoms with Crippen LogP contribution in [0.15, 0.2) is 35.5 Å². The van der Waals surface area contributed by atoms with Gasteiger partial charge in [-0.05, 0) is 0 Å². The van der Waals surface area contributed by atoms with Crippen LogP contribution in [0.4, 0.5) is 0 Å². The van der Waals surface area contributed by atoms with E-state index < -0.39 is 0 Å². The van der Waals surface area contributed by atoms with E-state index in [0.717, 1.165) is 0 Å².